The van der Waals surface area contributed by atoms with Gasteiger partial charge < -0.3 is 14.2 Å². The van der Waals surface area contributed by atoms with Gasteiger partial charge in [-0.1, -0.05) is 23.5 Å². The van der Waals surface area contributed by atoms with Crippen LogP contribution in [0.5, 0.6) is 17.2 Å². The lowest BCUT2D eigenvalue weighted by Crippen LogP contribution is -2.13. The van der Waals surface area contributed by atoms with Crippen LogP contribution in [-0.2, 0) is 0 Å². The molecular weight excluding hydrogens is 388 g/mol. The molecule has 0 spiro atoms. The highest BCUT2D eigenvalue weighted by Crippen LogP contribution is 2.39. The van der Waals surface area contributed by atoms with Gasteiger partial charge in [-0.25, -0.2) is 4.98 Å². The second kappa shape index (κ2) is 9.13. The summed E-state index contributed by atoms with van der Waals surface area (Å²) in [5, 5.41) is 3.47. The average Bonchev–Trinajstić information content (AvgIpc) is 3.12. The van der Waals surface area contributed by atoms with Crippen LogP contribution in [0.15, 0.2) is 24.3 Å². The lowest BCUT2D eigenvalue weighted by Gasteiger charge is -2.16. The zero-order chi connectivity index (χ0) is 21.0. The highest BCUT2D eigenvalue weighted by molar-refractivity contribution is 7.22. The number of aromatic nitrogens is 1. The molecule has 1 amide bonds. The van der Waals surface area contributed by atoms with Crippen LogP contribution in [0, 0.1) is 13.8 Å². The van der Waals surface area contributed by atoms with E-state index in [-0.39, 0.29) is 5.91 Å². The molecule has 0 fully saturated rings. The van der Waals surface area contributed by atoms with E-state index < -0.39 is 0 Å². The van der Waals surface area contributed by atoms with Crippen LogP contribution in [0.3, 0.4) is 0 Å². The monoisotopic (exact) mass is 414 g/mol. The Morgan fingerprint density at radius 1 is 0.966 bits per heavy atom. The summed E-state index contributed by atoms with van der Waals surface area (Å²) in [7, 11) is 0. The molecule has 2 aromatic carbocycles. The van der Waals surface area contributed by atoms with Gasteiger partial charge in [-0.3, -0.25) is 10.1 Å². The van der Waals surface area contributed by atoms with Gasteiger partial charge in [0.15, 0.2) is 16.6 Å². The van der Waals surface area contributed by atoms with Crippen molar-refractivity contribution >= 4 is 32.6 Å². The molecule has 7 heteroatoms. The van der Waals surface area contributed by atoms with Crippen LogP contribution in [-0.4, -0.2) is 30.7 Å². The molecule has 0 radical (unpaired) electrons. The number of amides is 1. The number of carbonyl (C=O) groups is 1. The number of benzene rings is 2. The number of thiazole rings is 1. The Bertz CT molecular complexity index is 963. The molecule has 1 aromatic heterocycles. The summed E-state index contributed by atoms with van der Waals surface area (Å²) in [5.41, 5.74) is 3.57. The van der Waals surface area contributed by atoms with Crippen LogP contribution in [0.25, 0.3) is 10.2 Å². The number of fused-ring (bicyclic) bond motifs is 1. The lowest BCUT2D eigenvalue weighted by atomic mass is 10.1. The Morgan fingerprint density at radius 3 is 2.10 bits per heavy atom. The largest absolute Gasteiger partial charge is 0.490 e. The van der Waals surface area contributed by atoms with Gasteiger partial charge in [-0.2, -0.15) is 0 Å². The van der Waals surface area contributed by atoms with Gasteiger partial charge in [0.2, 0.25) is 5.75 Å². The van der Waals surface area contributed by atoms with E-state index in [9.17, 15) is 4.79 Å². The highest BCUT2D eigenvalue weighted by atomic mass is 32.1. The van der Waals surface area contributed by atoms with Gasteiger partial charge in [0.25, 0.3) is 5.91 Å². The van der Waals surface area contributed by atoms with E-state index in [1.54, 1.807) is 12.1 Å². The van der Waals surface area contributed by atoms with E-state index in [1.165, 1.54) is 11.3 Å². The second-order valence-corrected chi connectivity index (χ2v) is 7.45. The van der Waals surface area contributed by atoms with Crippen LogP contribution in [0.4, 0.5) is 5.13 Å². The van der Waals surface area contributed by atoms with Gasteiger partial charge in [0.05, 0.1) is 30.0 Å². The summed E-state index contributed by atoms with van der Waals surface area (Å²) in [4.78, 5) is 17.5. The average molecular weight is 415 g/mol. The Morgan fingerprint density at radius 2 is 1.55 bits per heavy atom. The Kier molecular flexibility index (Phi) is 6.59. The summed E-state index contributed by atoms with van der Waals surface area (Å²) in [6, 6.07) is 7.46. The molecule has 1 heterocycles. The molecule has 0 aliphatic heterocycles. The maximum Gasteiger partial charge on any atom is 0.257 e. The normalized spacial score (nSPS) is 10.8. The van der Waals surface area contributed by atoms with Gasteiger partial charge in [0, 0.05) is 5.56 Å². The maximum absolute atomic E-state index is 12.9. The predicted molar refractivity (Wildman–Crippen MR) is 117 cm³/mol. The van der Waals surface area contributed by atoms with E-state index in [1.807, 2.05) is 40.7 Å². The van der Waals surface area contributed by atoms with E-state index in [4.69, 9.17) is 14.2 Å². The molecule has 0 unspecified atom stereocenters. The Balaban J connectivity index is 1.96. The van der Waals surface area contributed by atoms with Crippen molar-refractivity contribution in [2.45, 2.75) is 34.6 Å². The minimum Gasteiger partial charge on any atom is -0.490 e. The fraction of sp³-hybridized carbons (Fsp3) is 0.364. The molecule has 1 N–H and O–H groups in total. The van der Waals surface area contributed by atoms with Crippen LogP contribution in [0.2, 0.25) is 0 Å². The molecule has 0 aliphatic carbocycles. The minimum atomic E-state index is -0.274. The molecule has 3 aromatic rings. The smallest absolute Gasteiger partial charge is 0.257 e. The first-order valence-electron chi connectivity index (χ1n) is 9.72. The van der Waals surface area contributed by atoms with Gasteiger partial charge >= 0.3 is 0 Å². The summed E-state index contributed by atoms with van der Waals surface area (Å²) in [6.07, 6.45) is 0. The van der Waals surface area contributed by atoms with E-state index in [0.717, 1.165) is 21.3 Å². The Hall–Kier alpha value is -2.80. The number of carbonyl (C=O) groups excluding carboxylic acids is 1. The first-order valence-corrected chi connectivity index (χ1v) is 10.5. The van der Waals surface area contributed by atoms with Crippen molar-refractivity contribution in [2.75, 3.05) is 25.1 Å². The first kappa shape index (κ1) is 20.9. The van der Waals surface area contributed by atoms with Crippen molar-refractivity contribution in [3.8, 4) is 17.2 Å². The third kappa shape index (κ3) is 4.45. The number of anilines is 1. The fourth-order valence-corrected chi connectivity index (χ4v) is 4.01. The van der Waals surface area contributed by atoms with Crippen LogP contribution < -0.4 is 19.5 Å². The van der Waals surface area contributed by atoms with Gasteiger partial charge in [-0.05, 0) is 57.9 Å². The number of rotatable bonds is 8. The summed E-state index contributed by atoms with van der Waals surface area (Å²) in [6.45, 7) is 11.1. The topological polar surface area (TPSA) is 69.7 Å². The molecule has 0 bridgehead atoms. The van der Waals surface area contributed by atoms with Crippen molar-refractivity contribution in [1.29, 1.82) is 0 Å². The molecule has 3 rings (SSSR count). The lowest BCUT2D eigenvalue weighted by molar-refractivity contribution is 0.102. The standard InChI is InChI=1S/C22H26N2O4S/c1-6-26-16-11-15(12-17(27-7-2)19(16)28-8-3)21(25)24-22-23-18-13(4)9-10-14(5)20(18)29-22/h9-12H,6-8H2,1-5H3,(H,23,24,25). The van der Waals surface area contributed by atoms with E-state index in [2.05, 4.69) is 16.4 Å². The van der Waals surface area contributed by atoms with Crippen molar-refractivity contribution in [1.82, 2.24) is 4.98 Å². The first-order chi connectivity index (χ1) is 14.0. The van der Waals surface area contributed by atoms with Crippen molar-refractivity contribution in [2.24, 2.45) is 0 Å². The third-order valence-corrected chi connectivity index (χ3v) is 5.44. The molecule has 0 aliphatic rings. The van der Waals surface area contributed by atoms with Crippen LogP contribution in [0.1, 0.15) is 42.3 Å². The van der Waals surface area contributed by atoms with Crippen LogP contribution >= 0.6 is 11.3 Å². The molecule has 29 heavy (non-hydrogen) atoms. The van der Waals surface area contributed by atoms with E-state index in [0.29, 0.717) is 47.8 Å². The third-order valence-electron chi connectivity index (χ3n) is 4.33. The quantitative estimate of drug-likeness (QED) is 0.537. The summed E-state index contributed by atoms with van der Waals surface area (Å²) >= 11 is 1.47. The number of hydrogen-bond donors (Lipinski definition) is 1. The number of hydrogen-bond acceptors (Lipinski definition) is 6. The van der Waals surface area contributed by atoms with Crippen molar-refractivity contribution in [3.63, 3.8) is 0 Å². The SMILES string of the molecule is CCOc1cc(C(=O)Nc2nc3c(C)ccc(C)c3s2)cc(OCC)c1OCC. The number of nitrogens with zero attached hydrogens (tertiary/aromatic N) is 1. The molecule has 0 atom stereocenters. The number of nitrogens with one attached hydrogen (secondary N) is 1. The zero-order valence-corrected chi connectivity index (χ0v) is 18.2. The maximum atomic E-state index is 12.9. The fourth-order valence-electron chi connectivity index (χ4n) is 3.00. The molecule has 0 saturated carbocycles. The van der Waals surface area contributed by atoms with Crippen molar-refractivity contribution < 1.29 is 19.0 Å². The highest BCUT2D eigenvalue weighted by Gasteiger charge is 2.19. The second-order valence-electron chi connectivity index (χ2n) is 6.45. The number of aryl methyl sites for hydroxylation is 2. The number of ether oxygens (including phenoxy) is 3. The van der Waals surface area contributed by atoms with Gasteiger partial charge in [0.1, 0.15) is 0 Å². The zero-order valence-electron chi connectivity index (χ0n) is 17.4. The molecular formula is C22H26N2O4S. The Labute approximate surface area is 174 Å². The minimum absolute atomic E-state index is 0.274. The molecule has 0 saturated heterocycles. The van der Waals surface area contributed by atoms with E-state index >= 15 is 0 Å². The van der Waals surface area contributed by atoms with Gasteiger partial charge in [-0.15, -0.1) is 0 Å². The molecule has 6 nitrogen and oxygen atoms in total. The summed E-state index contributed by atoms with van der Waals surface area (Å²) < 4.78 is 18.2. The summed E-state index contributed by atoms with van der Waals surface area (Å²) in [5.74, 6) is 1.21. The van der Waals surface area contributed by atoms with Crippen molar-refractivity contribution in [3.05, 3.63) is 41.0 Å². The predicted octanol–water partition coefficient (Wildman–Crippen LogP) is 5.36. The molecule has 154 valence electrons.